The van der Waals surface area contributed by atoms with E-state index in [4.69, 9.17) is 0 Å². The predicted octanol–water partition coefficient (Wildman–Crippen LogP) is 3.04. The summed E-state index contributed by atoms with van der Waals surface area (Å²) >= 11 is 0. The number of aromatic nitrogens is 2. The molecule has 0 aliphatic rings. The number of rotatable bonds is 5. The minimum absolute atomic E-state index is 0.123. The largest absolute Gasteiger partial charge is 0.335 e. The number of hydrogen-bond donors (Lipinski definition) is 2. The van der Waals surface area contributed by atoms with Crippen LogP contribution < -0.4 is 10.6 Å². The van der Waals surface area contributed by atoms with Crippen molar-refractivity contribution in [1.82, 2.24) is 20.4 Å². The fourth-order valence-corrected chi connectivity index (χ4v) is 2.38. The normalized spacial score (nSPS) is 11.8. The number of aryl methyl sites for hydroxylation is 1. The first kappa shape index (κ1) is 15.8. The molecule has 0 bridgehead atoms. The molecule has 0 saturated carbocycles. The Balaban J connectivity index is 2.19. The number of benzene rings is 1. The van der Waals surface area contributed by atoms with Crippen molar-refractivity contribution in [3.8, 4) is 5.69 Å². The zero-order valence-corrected chi connectivity index (χ0v) is 13.3. The summed E-state index contributed by atoms with van der Waals surface area (Å²) in [6.45, 7) is 10.0. The van der Waals surface area contributed by atoms with Crippen LogP contribution in [-0.4, -0.2) is 22.4 Å². The topological polar surface area (TPSA) is 59.0 Å². The van der Waals surface area contributed by atoms with E-state index in [9.17, 15) is 4.79 Å². The van der Waals surface area contributed by atoms with Gasteiger partial charge in [-0.2, -0.15) is 5.10 Å². The zero-order chi connectivity index (χ0) is 16.1. The van der Waals surface area contributed by atoms with Crippen LogP contribution in [0.25, 0.3) is 5.69 Å². The maximum absolute atomic E-state index is 11.7. The van der Waals surface area contributed by atoms with Gasteiger partial charge in [-0.15, -0.1) is 6.58 Å². The van der Waals surface area contributed by atoms with Gasteiger partial charge in [0.25, 0.3) is 0 Å². The number of para-hydroxylation sites is 1. The van der Waals surface area contributed by atoms with E-state index in [0.29, 0.717) is 6.54 Å². The minimum Gasteiger partial charge on any atom is -0.335 e. The summed E-state index contributed by atoms with van der Waals surface area (Å²) < 4.78 is 1.91. The van der Waals surface area contributed by atoms with Gasteiger partial charge in [0.15, 0.2) is 0 Å². The Hall–Kier alpha value is -2.56. The highest BCUT2D eigenvalue weighted by atomic mass is 16.2. The van der Waals surface area contributed by atoms with E-state index in [2.05, 4.69) is 35.3 Å². The second kappa shape index (κ2) is 6.93. The summed E-state index contributed by atoms with van der Waals surface area (Å²) in [5, 5.41) is 10.1. The second-order valence-electron chi connectivity index (χ2n) is 5.25. The van der Waals surface area contributed by atoms with E-state index in [0.717, 1.165) is 22.5 Å². The number of hydrogen-bond acceptors (Lipinski definition) is 2. The van der Waals surface area contributed by atoms with Crippen LogP contribution in [0.1, 0.15) is 29.8 Å². The van der Waals surface area contributed by atoms with Crippen molar-refractivity contribution in [3.63, 3.8) is 0 Å². The highest BCUT2D eigenvalue weighted by Crippen LogP contribution is 2.21. The van der Waals surface area contributed by atoms with Gasteiger partial charge in [-0.25, -0.2) is 9.48 Å². The number of amides is 2. The molecule has 0 aliphatic carbocycles. The molecule has 0 fully saturated rings. The van der Waals surface area contributed by atoms with Crippen LogP contribution in [0, 0.1) is 13.8 Å². The lowest BCUT2D eigenvalue weighted by Gasteiger charge is -2.15. The van der Waals surface area contributed by atoms with Crippen molar-refractivity contribution in [2.45, 2.75) is 26.8 Å². The zero-order valence-electron chi connectivity index (χ0n) is 13.3. The lowest BCUT2D eigenvalue weighted by atomic mass is 10.1. The van der Waals surface area contributed by atoms with Crippen molar-refractivity contribution in [3.05, 3.63) is 59.9 Å². The third kappa shape index (κ3) is 3.36. The molecular formula is C17H22N4O. The van der Waals surface area contributed by atoms with Crippen LogP contribution in [0.15, 0.2) is 43.1 Å². The van der Waals surface area contributed by atoms with Crippen LogP contribution in [-0.2, 0) is 0 Å². The molecule has 1 aromatic heterocycles. The molecule has 0 unspecified atom stereocenters. The van der Waals surface area contributed by atoms with E-state index >= 15 is 0 Å². The average Bonchev–Trinajstić information content (AvgIpc) is 2.87. The Labute approximate surface area is 131 Å². The molecule has 0 spiro atoms. The number of nitrogens with zero attached hydrogens (tertiary/aromatic N) is 2. The molecular weight excluding hydrogens is 276 g/mol. The second-order valence-corrected chi connectivity index (χ2v) is 5.25. The first-order valence-electron chi connectivity index (χ1n) is 7.30. The van der Waals surface area contributed by atoms with Crippen LogP contribution in [0.5, 0.6) is 0 Å². The Morgan fingerprint density at radius 1 is 1.41 bits per heavy atom. The maximum Gasteiger partial charge on any atom is 0.315 e. The average molecular weight is 298 g/mol. The van der Waals surface area contributed by atoms with Gasteiger partial charge in [-0.05, 0) is 32.4 Å². The molecule has 2 rings (SSSR count). The van der Waals surface area contributed by atoms with Gasteiger partial charge in [0.1, 0.15) is 0 Å². The number of carbonyl (C=O) groups is 1. The van der Waals surface area contributed by atoms with E-state index < -0.39 is 0 Å². The molecule has 0 saturated heterocycles. The molecule has 2 N–H and O–H groups in total. The Bertz CT molecular complexity index is 675. The molecule has 0 radical (unpaired) electrons. The fourth-order valence-electron chi connectivity index (χ4n) is 2.38. The summed E-state index contributed by atoms with van der Waals surface area (Å²) in [7, 11) is 0. The van der Waals surface area contributed by atoms with E-state index in [1.165, 1.54) is 0 Å². The molecule has 2 amide bonds. The van der Waals surface area contributed by atoms with E-state index in [-0.39, 0.29) is 12.1 Å². The van der Waals surface area contributed by atoms with Gasteiger partial charge in [0.2, 0.25) is 0 Å². The molecule has 0 aliphatic heterocycles. The first-order chi connectivity index (χ1) is 10.5. The summed E-state index contributed by atoms with van der Waals surface area (Å²) in [5.74, 6) is 0. The third-order valence-electron chi connectivity index (χ3n) is 3.61. The lowest BCUT2D eigenvalue weighted by Crippen LogP contribution is -2.37. The summed E-state index contributed by atoms with van der Waals surface area (Å²) in [6.07, 6.45) is 3.45. The van der Waals surface area contributed by atoms with Crippen molar-refractivity contribution in [2.75, 3.05) is 6.54 Å². The van der Waals surface area contributed by atoms with Crippen molar-refractivity contribution in [1.29, 1.82) is 0 Å². The molecule has 1 heterocycles. The SMILES string of the molecule is C=CCNC(=O)N[C@@H](C)c1cnn(-c2ccccc2C)c1C. The van der Waals surface area contributed by atoms with Gasteiger partial charge in [-0.3, -0.25) is 0 Å². The predicted molar refractivity (Wildman–Crippen MR) is 88.2 cm³/mol. The summed E-state index contributed by atoms with van der Waals surface area (Å²) in [6, 6.07) is 7.76. The molecule has 2 aromatic rings. The van der Waals surface area contributed by atoms with Crippen LogP contribution in [0.2, 0.25) is 0 Å². The third-order valence-corrected chi connectivity index (χ3v) is 3.61. The summed E-state index contributed by atoms with van der Waals surface area (Å²) in [4.78, 5) is 11.7. The highest BCUT2D eigenvalue weighted by Gasteiger charge is 2.16. The van der Waals surface area contributed by atoms with Crippen LogP contribution >= 0.6 is 0 Å². The quantitative estimate of drug-likeness (QED) is 0.834. The summed E-state index contributed by atoms with van der Waals surface area (Å²) in [5.41, 5.74) is 4.22. The Morgan fingerprint density at radius 3 is 2.82 bits per heavy atom. The first-order valence-corrected chi connectivity index (χ1v) is 7.30. The Morgan fingerprint density at radius 2 is 2.14 bits per heavy atom. The molecule has 1 aromatic carbocycles. The van der Waals surface area contributed by atoms with Crippen molar-refractivity contribution in [2.24, 2.45) is 0 Å². The number of urea groups is 1. The van der Waals surface area contributed by atoms with Crippen LogP contribution in [0.4, 0.5) is 4.79 Å². The van der Waals surface area contributed by atoms with Gasteiger partial charge in [0, 0.05) is 17.8 Å². The highest BCUT2D eigenvalue weighted by molar-refractivity contribution is 5.74. The standard InChI is InChI=1S/C17H22N4O/c1-5-10-18-17(22)20-13(3)15-11-19-21(14(15)4)16-9-7-6-8-12(16)2/h5-9,11,13H,1,10H2,2-4H3,(H2,18,20,22)/t13-/m0/s1. The molecule has 22 heavy (non-hydrogen) atoms. The van der Waals surface area contributed by atoms with E-state index in [1.807, 2.05) is 36.7 Å². The lowest BCUT2D eigenvalue weighted by molar-refractivity contribution is 0.239. The maximum atomic E-state index is 11.7. The minimum atomic E-state index is -0.213. The molecule has 1 atom stereocenters. The molecule has 5 nitrogen and oxygen atoms in total. The van der Waals surface area contributed by atoms with Gasteiger partial charge in [-0.1, -0.05) is 24.3 Å². The van der Waals surface area contributed by atoms with E-state index in [1.54, 1.807) is 12.3 Å². The smallest absolute Gasteiger partial charge is 0.315 e. The monoisotopic (exact) mass is 298 g/mol. The van der Waals surface area contributed by atoms with Crippen molar-refractivity contribution < 1.29 is 4.79 Å². The number of nitrogens with one attached hydrogen (secondary N) is 2. The Kier molecular flexibility index (Phi) is 4.99. The van der Waals surface area contributed by atoms with Crippen LogP contribution in [0.3, 0.4) is 0 Å². The molecule has 116 valence electrons. The van der Waals surface area contributed by atoms with Crippen molar-refractivity contribution >= 4 is 6.03 Å². The molecule has 5 heteroatoms. The van der Waals surface area contributed by atoms with Gasteiger partial charge in [0.05, 0.1) is 17.9 Å². The van der Waals surface area contributed by atoms with Gasteiger partial charge >= 0.3 is 6.03 Å². The van der Waals surface area contributed by atoms with Gasteiger partial charge < -0.3 is 10.6 Å². The fraction of sp³-hybridized carbons (Fsp3) is 0.294. The number of carbonyl (C=O) groups excluding carboxylic acids is 1.